The number of methoxy groups -OCH3 is 1. The van der Waals surface area contributed by atoms with Gasteiger partial charge in [0.05, 0.1) is 7.11 Å². The van der Waals surface area contributed by atoms with E-state index in [1.807, 2.05) is 12.3 Å². The number of nitrogens with zero attached hydrogens (tertiary/aromatic N) is 1. The van der Waals surface area contributed by atoms with Gasteiger partial charge in [0, 0.05) is 30.4 Å². The smallest absolute Gasteiger partial charge is 0.123 e. The van der Waals surface area contributed by atoms with Gasteiger partial charge in [-0.15, -0.1) is 0 Å². The van der Waals surface area contributed by atoms with Crippen LogP contribution in [0.15, 0.2) is 30.6 Å². The molecule has 1 aromatic heterocycles. The van der Waals surface area contributed by atoms with E-state index in [-0.39, 0.29) is 6.04 Å². The molecular formula is C15H21N3O. The van der Waals surface area contributed by atoms with Gasteiger partial charge in [-0.25, -0.2) is 4.98 Å². The van der Waals surface area contributed by atoms with Crippen molar-refractivity contribution in [2.75, 3.05) is 13.7 Å². The van der Waals surface area contributed by atoms with Gasteiger partial charge in [0.1, 0.15) is 11.6 Å². The number of H-pyrrole nitrogens is 1. The van der Waals surface area contributed by atoms with E-state index in [0.717, 1.165) is 24.5 Å². The van der Waals surface area contributed by atoms with Crippen LogP contribution in [0.5, 0.6) is 5.75 Å². The molecule has 2 rings (SSSR count). The molecule has 1 aromatic carbocycles. The number of hydrogen-bond acceptors (Lipinski definition) is 3. The van der Waals surface area contributed by atoms with E-state index in [4.69, 9.17) is 4.74 Å². The lowest BCUT2D eigenvalue weighted by Gasteiger charge is -2.20. The predicted molar refractivity (Wildman–Crippen MR) is 76.4 cm³/mol. The number of hydrogen-bond donors (Lipinski definition) is 2. The van der Waals surface area contributed by atoms with Gasteiger partial charge in [0.2, 0.25) is 0 Å². The zero-order valence-electron chi connectivity index (χ0n) is 11.7. The summed E-state index contributed by atoms with van der Waals surface area (Å²) in [6, 6.07) is 6.47. The van der Waals surface area contributed by atoms with E-state index in [1.165, 1.54) is 11.1 Å². The van der Waals surface area contributed by atoms with Crippen LogP contribution >= 0.6 is 0 Å². The predicted octanol–water partition coefficient (Wildman–Crippen LogP) is 2.62. The van der Waals surface area contributed by atoms with Crippen molar-refractivity contribution in [1.29, 1.82) is 0 Å². The Hall–Kier alpha value is -1.81. The SMILES string of the molecule is CCNC(Cc1ncc[nH]1)c1cc(C)ccc1OC. The lowest BCUT2D eigenvalue weighted by molar-refractivity contribution is 0.398. The molecule has 2 N–H and O–H groups in total. The largest absolute Gasteiger partial charge is 0.496 e. The summed E-state index contributed by atoms with van der Waals surface area (Å²) in [5.41, 5.74) is 2.42. The van der Waals surface area contributed by atoms with Gasteiger partial charge in [-0.05, 0) is 19.5 Å². The first-order valence-electron chi connectivity index (χ1n) is 6.60. The number of rotatable bonds is 6. The highest BCUT2D eigenvalue weighted by atomic mass is 16.5. The second-order valence-corrected chi connectivity index (χ2v) is 4.60. The maximum Gasteiger partial charge on any atom is 0.123 e. The van der Waals surface area contributed by atoms with E-state index < -0.39 is 0 Å². The molecular weight excluding hydrogens is 238 g/mol. The third-order valence-electron chi connectivity index (χ3n) is 3.16. The van der Waals surface area contributed by atoms with E-state index >= 15 is 0 Å². The monoisotopic (exact) mass is 259 g/mol. The molecule has 0 saturated heterocycles. The fourth-order valence-electron chi connectivity index (χ4n) is 2.27. The molecule has 4 heteroatoms. The third-order valence-corrected chi connectivity index (χ3v) is 3.16. The number of aryl methyl sites for hydroxylation is 1. The van der Waals surface area contributed by atoms with Crippen LogP contribution in [-0.2, 0) is 6.42 Å². The molecule has 0 bridgehead atoms. The summed E-state index contributed by atoms with van der Waals surface area (Å²) in [6.45, 7) is 5.11. The summed E-state index contributed by atoms with van der Waals surface area (Å²) in [5, 5.41) is 3.50. The van der Waals surface area contributed by atoms with E-state index in [9.17, 15) is 0 Å². The highest BCUT2D eigenvalue weighted by Gasteiger charge is 2.17. The molecule has 2 aromatic rings. The molecule has 0 saturated carbocycles. The Morgan fingerprint density at radius 3 is 2.89 bits per heavy atom. The minimum Gasteiger partial charge on any atom is -0.496 e. The minimum absolute atomic E-state index is 0.200. The topological polar surface area (TPSA) is 49.9 Å². The zero-order chi connectivity index (χ0) is 13.7. The summed E-state index contributed by atoms with van der Waals surface area (Å²) in [6.07, 6.45) is 4.46. The first-order chi connectivity index (χ1) is 9.24. The number of likely N-dealkylation sites (N-methyl/N-ethyl adjacent to an activating group) is 1. The molecule has 1 unspecified atom stereocenters. The Labute approximate surface area is 114 Å². The maximum atomic E-state index is 5.48. The summed E-state index contributed by atoms with van der Waals surface area (Å²) in [4.78, 5) is 7.46. The molecule has 0 aliphatic rings. The van der Waals surface area contributed by atoms with Crippen LogP contribution in [0.4, 0.5) is 0 Å². The van der Waals surface area contributed by atoms with Crippen molar-refractivity contribution in [1.82, 2.24) is 15.3 Å². The van der Waals surface area contributed by atoms with E-state index in [0.29, 0.717) is 0 Å². The van der Waals surface area contributed by atoms with Gasteiger partial charge < -0.3 is 15.0 Å². The van der Waals surface area contributed by atoms with Crippen LogP contribution < -0.4 is 10.1 Å². The maximum absolute atomic E-state index is 5.48. The van der Waals surface area contributed by atoms with Crippen LogP contribution in [0.2, 0.25) is 0 Å². The fourth-order valence-corrected chi connectivity index (χ4v) is 2.27. The Balaban J connectivity index is 2.29. The van der Waals surface area contributed by atoms with Gasteiger partial charge in [0.15, 0.2) is 0 Å². The van der Waals surface area contributed by atoms with Crippen LogP contribution in [0, 0.1) is 6.92 Å². The van der Waals surface area contributed by atoms with Crippen molar-refractivity contribution in [2.45, 2.75) is 26.3 Å². The van der Waals surface area contributed by atoms with Crippen LogP contribution in [0.25, 0.3) is 0 Å². The minimum atomic E-state index is 0.200. The second-order valence-electron chi connectivity index (χ2n) is 4.60. The van der Waals surface area contributed by atoms with Crippen molar-refractivity contribution in [3.8, 4) is 5.75 Å². The van der Waals surface area contributed by atoms with Crippen molar-refractivity contribution in [3.05, 3.63) is 47.5 Å². The number of imidazole rings is 1. The molecule has 0 aliphatic heterocycles. The molecule has 0 aliphatic carbocycles. The normalized spacial score (nSPS) is 12.4. The average molecular weight is 259 g/mol. The molecule has 0 spiro atoms. The molecule has 102 valence electrons. The molecule has 0 radical (unpaired) electrons. The fraction of sp³-hybridized carbons (Fsp3) is 0.400. The lowest BCUT2D eigenvalue weighted by Crippen LogP contribution is -2.24. The van der Waals surface area contributed by atoms with Gasteiger partial charge in [-0.1, -0.05) is 24.6 Å². The second kappa shape index (κ2) is 6.38. The molecule has 19 heavy (non-hydrogen) atoms. The summed E-state index contributed by atoms with van der Waals surface area (Å²) in [7, 11) is 1.71. The van der Waals surface area contributed by atoms with Crippen molar-refractivity contribution >= 4 is 0 Å². The zero-order valence-corrected chi connectivity index (χ0v) is 11.7. The lowest BCUT2D eigenvalue weighted by atomic mass is 10.00. The Morgan fingerprint density at radius 2 is 2.26 bits per heavy atom. The molecule has 1 heterocycles. The number of ether oxygens (including phenoxy) is 1. The molecule has 0 fully saturated rings. The van der Waals surface area contributed by atoms with Gasteiger partial charge in [0.25, 0.3) is 0 Å². The van der Waals surface area contributed by atoms with E-state index in [2.05, 4.69) is 41.3 Å². The Kier molecular flexibility index (Phi) is 4.58. The average Bonchev–Trinajstić information content (AvgIpc) is 2.91. The van der Waals surface area contributed by atoms with Crippen molar-refractivity contribution in [3.63, 3.8) is 0 Å². The van der Waals surface area contributed by atoms with Crippen LogP contribution in [0.3, 0.4) is 0 Å². The number of aromatic amines is 1. The Bertz CT molecular complexity index is 508. The van der Waals surface area contributed by atoms with E-state index in [1.54, 1.807) is 13.3 Å². The standard InChI is InChI=1S/C15H21N3O/c1-4-16-13(10-15-17-7-8-18-15)12-9-11(2)5-6-14(12)19-3/h5-9,13,16H,4,10H2,1-3H3,(H,17,18). The Morgan fingerprint density at radius 1 is 1.42 bits per heavy atom. The summed E-state index contributed by atoms with van der Waals surface area (Å²) >= 11 is 0. The summed E-state index contributed by atoms with van der Waals surface area (Å²) < 4.78 is 5.48. The van der Waals surface area contributed by atoms with Crippen LogP contribution in [0.1, 0.15) is 29.9 Å². The summed E-state index contributed by atoms with van der Waals surface area (Å²) in [5.74, 6) is 1.90. The molecule has 0 amide bonds. The first-order valence-corrected chi connectivity index (χ1v) is 6.60. The molecule has 1 atom stereocenters. The van der Waals surface area contributed by atoms with Gasteiger partial charge in [-0.2, -0.15) is 0 Å². The highest BCUT2D eigenvalue weighted by molar-refractivity contribution is 5.39. The van der Waals surface area contributed by atoms with Crippen molar-refractivity contribution in [2.24, 2.45) is 0 Å². The van der Waals surface area contributed by atoms with Gasteiger partial charge in [-0.3, -0.25) is 0 Å². The van der Waals surface area contributed by atoms with Crippen LogP contribution in [-0.4, -0.2) is 23.6 Å². The first kappa shape index (κ1) is 13.6. The number of benzene rings is 1. The highest BCUT2D eigenvalue weighted by Crippen LogP contribution is 2.28. The number of aromatic nitrogens is 2. The third kappa shape index (κ3) is 3.35. The number of nitrogens with one attached hydrogen (secondary N) is 2. The van der Waals surface area contributed by atoms with Gasteiger partial charge >= 0.3 is 0 Å². The van der Waals surface area contributed by atoms with Crippen molar-refractivity contribution < 1.29 is 4.74 Å². The quantitative estimate of drug-likeness (QED) is 0.838. The molecule has 4 nitrogen and oxygen atoms in total.